The van der Waals surface area contributed by atoms with E-state index in [1.54, 1.807) is 13.8 Å². The smallest absolute Gasteiger partial charge is 0.339 e. The molecule has 0 bridgehead atoms. The minimum atomic E-state index is -0.962. The first-order chi connectivity index (χ1) is 8.90. The van der Waals surface area contributed by atoms with Gasteiger partial charge in [-0.2, -0.15) is 0 Å². The molecule has 0 radical (unpaired) electrons. The van der Waals surface area contributed by atoms with Crippen molar-refractivity contribution in [1.29, 1.82) is 0 Å². The highest BCUT2D eigenvalue weighted by Gasteiger charge is 2.27. The minimum absolute atomic E-state index is 0.124. The van der Waals surface area contributed by atoms with Crippen molar-refractivity contribution < 1.29 is 9.90 Å². The van der Waals surface area contributed by atoms with Crippen LogP contribution in [0.4, 0.5) is 0 Å². The molecular weight excluding hydrogens is 244 g/mol. The molecule has 1 aromatic heterocycles. The number of carboxylic acids is 1. The summed E-state index contributed by atoms with van der Waals surface area (Å²) in [6, 6.07) is 0.124. The molecule has 2 rings (SSSR count). The van der Waals surface area contributed by atoms with Crippen LogP contribution in [0.1, 0.15) is 33.6 Å². The van der Waals surface area contributed by atoms with Crippen molar-refractivity contribution in [3.05, 3.63) is 22.8 Å². The zero-order chi connectivity index (χ0) is 14.2. The molecule has 1 fully saturated rings. The third-order valence-electron chi connectivity index (χ3n) is 3.65. The molecule has 104 valence electrons. The number of rotatable bonds is 2. The molecule has 1 unspecified atom stereocenters. The normalized spacial score (nSPS) is 21.6. The van der Waals surface area contributed by atoms with Crippen LogP contribution in [0.25, 0.3) is 0 Å². The van der Waals surface area contributed by atoms with Crippen LogP contribution in [-0.4, -0.2) is 64.6 Å². The maximum Gasteiger partial charge on any atom is 0.339 e. The van der Waals surface area contributed by atoms with Crippen molar-refractivity contribution in [2.75, 3.05) is 33.7 Å². The predicted octanol–water partition coefficient (Wildman–Crippen LogP) is 0.710. The highest BCUT2D eigenvalue weighted by Crippen LogP contribution is 2.22. The highest BCUT2D eigenvalue weighted by molar-refractivity contribution is 5.89. The van der Waals surface area contributed by atoms with Gasteiger partial charge in [-0.1, -0.05) is 0 Å². The molecule has 1 aliphatic rings. The van der Waals surface area contributed by atoms with Gasteiger partial charge in [-0.15, -0.1) is 0 Å². The van der Waals surface area contributed by atoms with Crippen LogP contribution in [-0.2, 0) is 0 Å². The average Bonchev–Trinajstić information content (AvgIpc) is 2.30. The number of nitrogens with zero attached hydrogens (tertiary/aromatic N) is 4. The second-order valence-corrected chi connectivity index (χ2v) is 5.19. The number of aryl methyl sites for hydroxylation is 2. The molecule has 0 saturated carbocycles. The highest BCUT2D eigenvalue weighted by atomic mass is 16.4. The van der Waals surface area contributed by atoms with Gasteiger partial charge < -0.3 is 10.0 Å². The van der Waals surface area contributed by atoms with Gasteiger partial charge in [0, 0.05) is 19.6 Å². The summed E-state index contributed by atoms with van der Waals surface area (Å²) in [4.78, 5) is 24.4. The van der Waals surface area contributed by atoms with E-state index in [1.807, 2.05) is 0 Å². The van der Waals surface area contributed by atoms with E-state index in [1.165, 1.54) is 0 Å². The third kappa shape index (κ3) is 2.74. The number of aromatic nitrogens is 2. The van der Waals surface area contributed by atoms with Crippen molar-refractivity contribution in [3.63, 3.8) is 0 Å². The van der Waals surface area contributed by atoms with Gasteiger partial charge in [0.05, 0.1) is 17.4 Å². The Morgan fingerprint density at radius 3 is 2.32 bits per heavy atom. The lowest BCUT2D eigenvalue weighted by molar-refractivity contribution is 0.0693. The van der Waals surface area contributed by atoms with Crippen LogP contribution in [0.5, 0.6) is 0 Å². The maximum absolute atomic E-state index is 11.1. The first-order valence-electron chi connectivity index (χ1n) is 6.37. The number of piperazine rings is 1. The lowest BCUT2D eigenvalue weighted by Crippen LogP contribution is -2.45. The first-order valence-corrected chi connectivity index (χ1v) is 6.37. The number of likely N-dealkylation sites (N-methyl/N-ethyl adjacent to an activating group) is 2. The Balaban J connectivity index is 2.38. The molecule has 0 spiro atoms. The number of aromatic carboxylic acids is 1. The SMILES string of the molecule is Cc1nc(C2CN(C)CCN2C)nc(C)c1C(=O)O. The van der Waals surface area contributed by atoms with Crippen molar-refractivity contribution in [3.8, 4) is 0 Å². The van der Waals surface area contributed by atoms with Crippen molar-refractivity contribution in [2.45, 2.75) is 19.9 Å². The molecule has 6 heteroatoms. The van der Waals surface area contributed by atoms with E-state index in [2.05, 4.69) is 33.9 Å². The van der Waals surface area contributed by atoms with E-state index < -0.39 is 5.97 Å². The van der Waals surface area contributed by atoms with E-state index in [-0.39, 0.29) is 11.6 Å². The van der Waals surface area contributed by atoms with Gasteiger partial charge in [-0.05, 0) is 27.9 Å². The third-order valence-corrected chi connectivity index (χ3v) is 3.65. The Hall–Kier alpha value is -1.53. The summed E-state index contributed by atoms with van der Waals surface area (Å²) in [6.45, 7) is 6.31. The fourth-order valence-electron chi connectivity index (χ4n) is 2.49. The fourth-order valence-corrected chi connectivity index (χ4v) is 2.49. The lowest BCUT2D eigenvalue weighted by Gasteiger charge is -2.36. The first kappa shape index (κ1) is 13.9. The maximum atomic E-state index is 11.1. The number of carboxylic acid groups (broad SMARTS) is 1. The Morgan fingerprint density at radius 2 is 1.79 bits per heavy atom. The van der Waals surface area contributed by atoms with Gasteiger partial charge in [0.15, 0.2) is 0 Å². The summed E-state index contributed by atoms with van der Waals surface area (Å²) in [5.74, 6) is -0.246. The molecule has 19 heavy (non-hydrogen) atoms. The molecule has 0 aromatic carbocycles. The summed E-state index contributed by atoms with van der Waals surface area (Å²) in [5.41, 5.74) is 1.30. The number of carbonyl (C=O) groups is 1. The molecule has 2 heterocycles. The minimum Gasteiger partial charge on any atom is -0.478 e. The van der Waals surface area contributed by atoms with Gasteiger partial charge in [-0.25, -0.2) is 14.8 Å². The summed E-state index contributed by atoms with van der Waals surface area (Å²) < 4.78 is 0. The lowest BCUT2D eigenvalue weighted by atomic mass is 10.1. The van der Waals surface area contributed by atoms with E-state index in [4.69, 9.17) is 5.11 Å². The predicted molar refractivity (Wildman–Crippen MR) is 71.3 cm³/mol. The Morgan fingerprint density at radius 1 is 1.21 bits per heavy atom. The van der Waals surface area contributed by atoms with E-state index in [0.29, 0.717) is 17.2 Å². The summed E-state index contributed by atoms with van der Waals surface area (Å²) >= 11 is 0. The molecule has 1 atom stereocenters. The van der Waals surface area contributed by atoms with Gasteiger partial charge in [0.2, 0.25) is 0 Å². The summed E-state index contributed by atoms with van der Waals surface area (Å²) in [6.07, 6.45) is 0. The topological polar surface area (TPSA) is 69.6 Å². The molecule has 6 nitrogen and oxygen atoms in total. The molecular formula is C13H20N4O2. The van der Waals surface area contributed by atoms with Crippen LogP contribution in [0, 0.1) is 13.8 Å². The van der Waals surface area contributed by atoms with Crippen LogP contribution in [0.3, 0.4) is 0 Å². The van der Waals surface area contributed by atoms with Crippen LogP contribution < -0.4 is 0 Å². The van der Waals surface area contributed by atoms with Crippen molar-refractivity contribution >= 4 is 5.97 Å². The van der Waals surface area contributed by atoms with Gasteiger partial charge in [-0.3, -0.25) is 4.90 Å². The molecule has 1 aromatic rings. The van der Waals surface area contributed by atoms with Gasteiger partial charge >= 0.3 is 5.97 Å². The monoisotopic (exact) mass is 264 g/mol. The van der Waals surface area contributed by atoms with Crippen LogP contribution >= 0.6 is 0 Å². The molecule has 1 N–H and O–H groups in total. The fraction of sp³-hybridized carbons (Fsp3) is 0.615. The van der Waals surface area contributed by atoms with E-state index in [0.717, 1.165) is 19.6 Å². The second-order valence-electron chi connectivity index (χ2n) is 5.19. The number of hydrogen-bond acceptors (Lipinski definition) is 5. The standard InChI is InChI=1S/C13H20N4O2/c1-8-11(13(18)19)9(2)15-12(14-8)10-7-16(3)5-6-17(10)4/h10H,5-7H2,1-4H3,(H,18,19). The van der Waals surface area contributed by atoms with Gasteiger partial charge in [0.1, 0.15) is 11.4 Å². The van der Waals surface area contributed by atoms with E-state index >= 15 is 0 Å². The van der Waals surface area contributed by atoms with E-state index in [9.17, 15) is 4.79 Å². The quantitative estimate of drug-likeness (QED) is 0.848. The molecule has 0 amide bonds. The Bertz CT molecular complexity index is 480. The van der Waals surface area contributed by atoms with Crippen molar-refractivity contribution in [2.24, 2.45) is 0 Å². The Labute approximate surface area is 113 Å². The average molecular weight is 264 g/mol. The van der Waals surface area contributed by atoms with Crippen LogP contribution in [0.2, 0.25) is 0 Å². The molecule has 0 aliphatic carbocycles. The zero-order valence-corrected chi connectivity index (χ0v) is 11.8. The largest absolute Gasteiger partial charge is 0.478 e. The molecule has 1 aliphatic heterocycles. The zero-order valence-electron chi connectivity index (χ0n) is 11.8. The summed E-state index contributed by atoms with van der Waals surface area (Å²) in [5, 5.41) is 9.14. The molecule has 1 saturated heterocycles. The Kier molecular flexibility index (Phi) is 3.82. The second kappa shape index (κ2) is 5.22. The van der Waals surface area contributed by atoms with Crippen LogP contribution in [0.15, 0.2) is 0 Å². The number of hydrogen-bond donors (Lipinski definition) is 1. The van der Waals surface area contributed by atoms with Crippen molar-refractivity contribution in [1.82, 2.24) is 19.8 Å². The summed E-state index contributed by atoms with van der Waals surface area (Å²) in [7, 11) is 4.13. The van der Waals surface area contributed by atoms with Gasteiger partial charge in [0.25, 0.3) is 0 Å².